The number of carbonyl (C=O) groups excluding carboxylic acids is 1. The summed E-state index contributed by atoms with van der Waals surface area (Å²) in [5.74, 6) is 0.640. The van der Waals surface area contributed by atoms with E-state index < -0.39 is 0 Å². The number of aryl methyl sites for hydroxylation is 2. The Labute approximate surface area is 129 Å². The Bertz CT molecular complexity index is 706. The van der Waals surface area contributed by atoms with Crippen LogP contribution in [0.15, 0.2) is 16.9 Å². The maximum Gasteiger partial charge on any atom is 0.274 e. The molecule has 0 saturated heterocycles. The molecule has 116 valence electrons. The third kappa shape index (κ3) is 3.00. The average molecular weight is 300 g/mol. The summed E-state index contributed by atoms with van der Waals surface area (Å²) in [6.07, 6.45) is 4.21. The molecule has 0 aliphatic heterocycles. The van der Waals surface area contributed by atoms with Crippen molar-refractivity contribution in [3.63, 3.8) is 0 Å². The summed E-state index contributed by atoms with van der Waals surface area (Å²) in [6.45, 7) is 6.65. The highest BCUT2D eigenvalue weighted by Gasteiger charge is 2.32. The molecule has 6 heteroatoms. The highest BCUT2D eigenvalue weighted by Crippen LogP contribution is 2.36. The third-order valence-electron chi connectivity index (χ3n) is 4.06. The molecule has 22 heavy (non-hydrogen) atoms. The summed E-state index contributed by atoms with van der Waals surface area (Å²) in [4.78, 5) is 20.5. The zero-order valence-electron chi connectivity index (χ0n) is 13.1. The predicted molar refractivity (Wildman–Crippen MR) is 80.2 cm³/mol. The van der Waals surface area contributed by atoms with Crippen LogP contribution < -0.4 is 5.32 Å². The number of fused-ring (bicyclic) bond motifs is 1. The van der Waals surface area contributed by atoms with Crippen molar-refractivity contribution in [2.45, 2.75) is 46.6 Å². The molecule has 6 nitrogen and oxygen atoms in total. The largest absolute Gasteiger partial charge is 0.360 e. The van der Waals surface area contributed by atoms with E-state index in [0.29, 0.717) is 12.2 Å². The van der Waals surface area contributed by atoms with E-state index in [2.05, 4.69) is 34.3 Å². The Morgan fingerprint density at radius 3 is 3.00 bits per heavy atom. The molecular weight excluding hydrogens is 280 g/mol. The molecule has 1 amide bonds. The zero-order valence-corrected chi connectivity index (χ0v) is 13.1. The highest BCUT2D eigenvalue weighted by molar-refractivity contribution is 5.93. The maximum absolute atomic E-state index is 12.4. The van der Waals surface area contributed by atoms with Gasteiger partial charge in [-0.1, -0.05) is 19.0 Å². The van der Waals surface area contributed by atoms with Gasteiger partial charge in [0.25, 0.3) is 5.91 Å². The monoisotopic (exact) mass is 300 g/mol. The quantitative estimate of drug-likeness (QED) is 0.940. The summed E-state index contributed by atoms with van der Waals surface area (Å²) in [5.41, 5.74) is 3.19. The first-order valence-corrected chi connectivity index (χ1v) is 7.48. The van der Waals surface area contributed by atoms with Gasteiger partial charge in [0.05, 0.1) is 12.2 Å². The van der Waals surface area contributed by atoms with Gasteiger partial charge in [0.1, 0.15) is 12.1 Å². The van der Waals surface area contributed by atoms with E-state index in [-0.39, 0.29) is 11.3 Å². The van der Waals surface area contributed by atoms with Gasteiger partial charge in [-0.05, 0) is 31.2 Å². The number of nitrogens with one attached hydrogen (secondary N) is 1. The van der Waals surface area contributed by atoms with Crippen LogP contribution in [0.3, 0.4) is 0 Å². The Morgan fingerprint density at radius 1 is 1.41 bits per heavy atom. The molecule has 0 saturated carbocycles. The van der Waals surface area contributed by atoms with Gasteiger partial charge in [0.15, 0.2) is 5.69 Å². The van der Waals surface area contributed by atoms with Gasteiger partial charge in [0, 0.05) is 17.7 Å². The smallest absolute Gasteiger partial charge is 0.274 e. The predicted octanol–water partition coefficient (Wildman–Crippen LogP) is 2.22. The lowest BCUT2D eigenvalue weighted by Gasteiger charge is -2.28. The normalized spacial score (nSPS) is 16.1. The SMILES string of the molecule is Cc1cc(CNC(=O)c2noc3c2CC(C)(C)CC3)ncn1. The van der Waals surface area contributed by atoms with E-state index in [1.807, 2.05) is 13.0 Å². The van der Waals surface area contributed by atoms with Crippen molar-refractivity contribution in [1.29, 1.82) is 0 Å². The molecule has 1 N–H and O–H groups in total. The minimum absolute atomic E-state index is 0.178. The first kappa shape index (κ1) is 14.7. The molecule has 1 aliphatic rings. The second-order valence-corrected chi connectivity index (χ2v) is 6.61. The second-order valence-electron chi connectivity index (χ2n) is 6.61. The van der Waals surface area contributed by atoms with Crippen molar-refractivity contribution >= 4 is 5.91 Å². The van der Waals surface area contributed by atoms with Crippen LogP contribution in [0.1, 0.15) is 53.5 Å². The maximum atomic E-state index is 12.4. The van der Waals surface area contributed by atoms with Crippen LogP contribution in [0.5, 0.6) is 0 Å². The zero-order chi connectivity index (χ0) is 15.7. The van der Waals surface area contributed by atoms with Gasteiger partial charge >= 0.3 is 0 Å². The first-order chi connectivity index (χ1) is 10.4. The lowest BCUT2D eigenvalue weighted by molar-refractivity contribution is 0.0940. The van der Waals surface area contributed by atoms with Crippen molar-refractivity contribution in [3.8, 4) is 0 Å². The molecule has 0 unspecified atom stereocenters. The van der Waals surface area contributed by atoms with E-state index in [9.17, 15) is 4.79 Å². The van der Waals surface area contributed by atoms with E-state index in [1.165, 1.54) is 6.33 Å². The van der Waals surface area contributed by atoms with Gasteiger partial charge in [-0.3, -0.25) is 4.79 Å². The van der Waals surface area contributed by atoms with Crippen LogP contribution in [-0.4, -0.2) is 21.0 Å². The van der Waals surface area contributed by atoms with Gasteiger partial charge in [-0.25, -0.2) is 9.97 Å². The Balaban J connectivity index is 1.72. The fourth-order valence-electron chi connectivity index (χ4n) is 2.78. The Morgan fingerprint density at radius 2 is 2.23 bits per heavy atom. The van der Waals surface area contributed by atoms with Crippen molar-refractivity contribution in [2.24, 2.45) is 5.41 Å². The topological polar surface area (TPSA) is 80.9 Å². The van der Waals surface area contributed by atoms with E-state index >= 15 is 0 Å². The number of carbonyl (C=O) groups is 1. The standard InChI is InChI=1S/C16H20N4O2/c1-10-6-11(19-9-18-10)8-17-15(21)14-12-7-16(2,3)5-4-13(12)22-20-14/h6,9H,4-5,7-8H2,1-3H3,(H,17,21). The first-order valence-electron chi connectivity index (χ1n) is 7.48. The molecule has 2 aromatic rings. The molecule has 1 aliphatic carbocycles. The summed E-state index contributed by atoms with van der Waals surface area (Å²) >= 11 is 0. The summed E-state index contributed by atoms with van der Waals surface area (Å²) in [7, 11) is 0. The van der Waals surface area contributed by atoms with Crippen LogP contribution in [0.25, 0.3) is 0 Å². The van der Waals surface area contributed by atoms with Crippen LogP contribution in [0.4, 0.5) is 0 Å². The summed E-state index contributed by atoms with van der Waals surface area (Å²) in [5, 5.41) is 6.83. The molecular formula is C16H20N4O2. The molecule has 0 radical (unpaired) electrons. The van der Waals surface area contributed by atoms with Gasteiger partial charge in [-0.15, -0.1) is 0 Å². The van der Waals surface area contributed by atoms with E-state index in [0.717, 1.165) is 42.0 Å². The van der Waals surface area contributed by atoms with E-state index in [4.69, 9.17) is 4.52 Å². The second kappa shape index (κ2) is 5.51. The lowest BCUT2D eigenvalue weighted by Crippen LogP contribution is -2.27. The van der Waals surface area contributed by atoms with Crippen LogP contribution in [-0.2, 0) is 19.4 Å². The fraction of sp³-hybridized carbons (Fsp3) is 0.500. The molecule has 0 spiro atoms. The molecule has 0 aromatic carbocycles. The Kier molecular flexibility index (Phi) is 3.68. The molecule has 0 atom stereocenters. The summed E-state index contributed by atoms with van der Waals surface area (Å²) in [6, 6.07) is 1.85. The van der Waals surface area contributed by atoms with Gasteiger partial charge in [-0.2, -0.15) is 0 Å². The minimum Gasteiger partial charge on any atom is -0.360 e. The highest BCUT2D eigenvalue weighted by atomic mass is 16.5. The van der Waals surface area contributed by atoms with Crippen LogP contribution in [0, 0.1) is 12.3 Å². The van der Waals surface area contributed by atoms with Crippen molar-refractivity contribution in [3.05, 3.63) is 40.8 Å². The van der Waals surface area contributed by atoms with Crippen LogP contribution >= 0.6 is 0 Å². The number of amides is 1. The van der Waals surface area contributed by atoms with Gasteiger partial charge in [0.2, 0.25) is 0 Å². The molecule has 3 rings (SSSR count). The number of rotatable bonds is 3. The molecule has 2 aromatic heterocycles. The van der Waals surface area contributed by atoms with E-state index in [1.54, 1.807) is 0 Å². The average Bonchev–Trinajstić information content (AvgIpc) is 2.86. The lowest BCUT2D eigenvalue weighted by atomic mass is 9.76. The van der Waals surface area contributed by atoms with Crippen molar-refractivity contribution in [1.82, 2.24) is 20.4 Å². The number of nitrogens with zero attached hydrogens (tertiary/aromatic N) is 3. The number of hydrogen-bond donors (Lipinski definition) is 1. The Hall–Kier alpha value is -2.24. The number of aromatic nitrogens is 3. The third-order valence-corrected chi connectivity index (χ3v) is 4.06. The molecule has 0 bridgehead atoms. The summed E-state index contributed by atoms with van der Waals surface area (Å²) < 4.78 is 5.34. The fourth-order valence-corrected chi connectivity index (χ4v) is 2.78. The van der Waals surface area contributed by atoms with Crippen molar-refractivity contribution in [2.75, 3.05) is 0 Å². The molecule has 0 fully saturated rings. The van der Waals surface area contributed by atoms with Crippen molar-refractivity contribution < 1.29 is 9.32 Å². The van der Waals surface area contributed by atoms with Gasteiger partial charge < -0.3 is 9.84 Å². The molecule has 2 heterocycles. The number of hydrogen-bond acceptors (Lipinski definition) is 5. The minimum atomic E-state index is -0.209. The van der Waals surface area contributed by atoms with Crippen LogP contribution in [0.2, 0.25) is 0 Å².